The van der Waals surface area contributed by atoms with Crippen molar-refractivity contribution in [1.29, 1.82) is 0 Å². The van der Waals surface area contributed by atoms with E-state index in [1.807, 2.05) is 19.1 Å². The smallest absolute Gasteiger partial charge is 0.0483 e. The normalized spacial score (nSPS) is 12.6. The Morgan fingerprint density at radius 2 is 1.75 bits per heavy atom. The van der Waals surface area contributed by atoms with Gasteiger partial charge in [-0.3, -0.25) is 11.3 Å². The predicted octanol–water partition coefficient (Wildman–Crippen LogP) is 5.29. The zero-order valence-corrected chi connectivity index (χ0v) is 13.7. The van der Waals surface area contributed by atoms with E-state index in [4.69, 9.17) is 17.4 Å². The number of unbranched alkanes of at least 4 members (excludes halogenated alkanes) is 6. The van der Waals surface area contributed by atoms with Crippen LogP contribution in [0.25, 0.3) is 0 Å². The minimum absolute atomic E-state index is 0.165. The first-order valence-electron chi connectivity index (χ1n) is 7.91. The fraction of sp³-hybridized carbons (Fsp3) is 0.647. The van der Waals surface area contributed by atoms with Crippen molar-refractivity contribution in [3.05, 3.63) is 34.3 Å². The summed E-state index contributed by atoms with van der Waals surface area (Å²) < 4.78 is 0. The summed E-state index contributed by atoms with van der Waals surface area (Å²) in [5.74, 6) is 5.70. The number of nitrogens with one attached hydrogen (secondary N) is 1. The number of hydrogen-bond acceptors (Lipinski definition) is 2. The summed E-state index contributed by atoms with van der Waals surface area (Å²) in [6.07, 6.45) is 10.3. The minimum Gasteiger partial charge on any atom is -0.271 e. The van der Waals surface area contributed by atoms with E-state index >= 15 is 0 Å². The van der Waals surface area contributed by atoms with E-state index in [1.54, 1.807) is 0 Å². The fourth-order valence-corrected chi connectivity index (χ4v) is 2.83. The van der Waals surface area contributed by atoms with E-state index in [1.165, 1.54) is 44.9 Å². The van der Waals surface area contributed by atoms with Crippen LogP contribution < -0.4 is 11.3 Å². The molecule has 0 saturated heterocycles. The monoisotopic (exact) mass is 296 g/mol. The van der Waals surface area contributed by atoms with Gasteiger partial charge in [-0.2, -0.15) is 0 Å². The topological polar surface area (TPSA) is 38.0 Å². The number of aryl methyl sites for hydroxylation is 1. The number of benzene rings is 1. The highest BCUT2D eigenvalue weighted by Crippen LogP contribution is 2.28. The van der Waals surface area contributed by atoms with Crippen LogP contribution in [0.4, 0.5) is 0 Å². The van der Waals surface area contributed by atoms with Gasteiger partial charge in [0, 0.05) is 11.1 Å². The van der Waals surface area contributed by atoms with Gasteiger partial charge in [-0.1, -0.05) is 81.7 Å². The van der Waals surface area contributed by atoms with Gasteiger partial charge in [-0.05, 0) is 24.5 Å². The number of halogens is 1. The molecule has 0 fully saturated rings. The predicted molar refractivity (Wildman–Crippen MR) is 88.9 cm³/mol. The first kappa shape index (κ1) is 17.5. The average molecular weight is 297 g/mol. The Morgan fingerprint density at radius 1 is 1.10 bits per heavy atom. The third-order valence-electron chi connectivity index (χ3n) is 3.89. The Balaban J connectivity index is 2.34. The van der Waals surface area contributed by atoms with Crippen molar-refractivity contribution in [2.24, 2.45) is 5.84 Å². The lowest BCUT2D eigenvalue weighted by Gasteiger charge is -2.18. The molecule has 3 N–H and O–H groups in total. The zero-order chi connectivity index (χ0) is 14.8. The summed E-state index contributed by atoms with van der Waals surface area (Å²) in [5, 5.41) is 0.846. The van der Waals surface area contributed by atoms with Gasteiger partial charge in [0.2, 0.25) is 0 Å². The van der Waals surface area contributed by atoms with Gasteiger partial charge in [0.15, 0.2) is 0 Å². The Morgan fingerprint density at radius 3 is 2.40 bits per heavy atom. The summed E-state index contributed by atoms with van der Waals surface area (Å²) in [4.78, 5) is 0. The van der Waals surface area contributed by atoms with Crippen molar-refractivity contribution in [3.63, 3.8) is 0 Å². The Kier molecular flexibility index (Phi) is 8.92. The molecule has 20 heavy (non-hydrogen) atoms. The van der Waals surface area contributed by atoms with Crippen molar-refractivity contribution >= 4 is 11.6 Å². The van der Waals surface area contributed by atoms with Crippen LogP contribution >= 0.6 is 11.6 Å². The van der Waals surface area contributed by atoms with Crippen molar-refractivity contribution in [1.82, 2.24) is 5.43 Å². The van der Waals surface area contributed by atoms with Crippen LogP contribution in [0.1, 0.15) is 75.5 Å². The molecule has 0 aliphatic carbocycles. The Labute approximate surface area is 129 Å². The van der Waals surface area contributed by atoms with Gasteiger partial charge in [0.1, 0.15) is 0 Å². The van der Waals surface area contributed by atoms with Gasteiger partial charge in [-0.25, -0.2) is 0 Å². The summed E-state index contributed by atoms with van der Waals surface area (Å²) >= 11 is 6.37. The lowest BCUT2D eigenvalue weighted by Crippen LogP contribution is -2.28. The maximum atomic E-state index is 6.37. The standard InChI is InChI=1S/C17H29ClN2/c1-3-4-5-6-7-8-9-13-16(20-19)15-12-10-11-14(2)17(15)18/h10-12,16,20H,3-9,13,19H2,1-2H3. The lowest BCUT2D eigenvalue weighted by atomic mass is 9.98. The maximum absolute atomic E-state index is 6.37. The number of rotatable bonds is 10. The maximum Gasteiger partial charge on any atom is 0.0483 e. The highest BCUT2D eigenvalue weighted by atomic mass is 35.5. The van der Waals surface area contributed by atoms with Crippen molar-refractivity contribution < 1.29 is 0 Å². The Bertz CT molecular complexity index is 379. The van der Waals surface area contributed by atoms with Crippen molar-refractivity contribution in [3.8, 4) is 0 Å². The molecule has 0 aliphatic heterocycles. The molecule has 0 aliphatic rings. The third-order valence-corrected chi connectivity index (χ3v) is 4.41. The number of hydrogen-bond donors (Lipinski definition) is 2. The molecule has 0 heterocycles. The van der Waals surface area contributed by atoms with E-state index in [0.29, 0.717) is 0 Å². The number of hydrazine groups is 1. The molecule has 0 saturated carbocycles. The van der Waals surface area contributed by atoms with Gasteiger partial charge >= 0.3 is 0 Å². The molecule has 1 unspecified atom stereocenters. The van der Waals surface area contributed by atoms with Crippen LogP contribution in [0.3, 0.4) is 0 Å². The molecule has 1 atom stereocenters. The molecule has 0 radical (unpaired) electrons. The fourth-order valence-electron chi connectivity index (χ4n) is 2.57. The van der Waals surface area contributed by atoms with Crippen LogP contribution in [0.2, 0.25) is 5.02 Å². The summed E-state index contributed by atoms with van der Waals surface area (Å²) in [5.41, 5.74) is 5.15. The number of nitrogens with two attached hydrogens (primary N) is 1. The zero-order valence-electron chi connectivity index (χ0n) is 12.9. The summed E-state index contributed by atoms with van der Waals surface area (Å²) in [6.45, 7) is 4.29. The third kappa shape index (κ3) is 5.82. The highest BCUT2D eigenvalue weighted by molar-refractivity contribution is 6.32. The largest absolute Gasteiger partial charge is 0.271 e. The second-order valence-corrected chi connectivity index (χ2v) is 5.99. The van der Waals surface area contributed by atoms with E-state index in [0.717, 1.165) is 22.6 Å². The quantitative estimate of drug-likeness (QED) is 0.349. The van der Waals surface area contributed by atoms with Crippen LogP contribution in [-0.2, 0) is 0 Å². The molecule has 1 aromatic rings. The van der Waals surface area contributed by atoms with Gasteiger partial charge in [-0.15, -0.1) is 0 Å². The van der Waals surface area contributed by atoms with E-state index in [2.05, 4.69) is 18.4 Å². The van der Waals surface area contributed by atoms with Crippen molar-refractivity contribution in [2.45, 2.75) is 71.3 Å². The molecular formula is C17H29ClN2. The summed E-state index contributed by atoms with van der Waals surface area (Å²) in [6, 6.07) is 6.32. The first-order chi connectivity index (χ1) is 9.70. The van der Waals surface area contributed by atoms with E-state index < -0.39 is 0 Å². The Hall–Kier alpha value is -0.570. The van der Waals surface area contributed by atoms with Crippen LogP contribution in [-0.4, -0.2) is 0 Å². The average Bonchev–Trinajstić information content (AvgIpc) is 2.46. The first-order valence-corrected chi connectivity index (χ1v) is 8.29. The lowest BCUT2D eigenvalue weighted by molar-refractivity contribution is 0.476. The summed E-state index contributed by atoms with van der Waals surface area (Å²) in [7, 11) is 0. The molecule has 114 valence electrons. The molecule has 0 spiro atoms. The van der Waals surface area contributed by atoms with E-state index in [9.17, 15) is 0 Å². The SMILES string of the molecule is CCCCCCCCCC(NN)c1cccc(C)c1Cl. The second kappa shape index (κ2) is 10.2. The van der Waals surface area contributed by atoms with Crippen LogP contribution in [0.5, 0.6) is 0 Å². The molecule has 2 nitrogen and oxygen atoms in total. The molecule has 0 bridgehead atoms. The van der Waals surface area contributed by atoms with Gasteiger partial charge < -0.3 is 0 Å². The van der Waals surface area contributed by atoms with Crippen LogP contribution in [0, 0.1) is 6.92 Å². The van der Waals surface area contributed by atoms with Gasteiger partial charge in [0.25, 0.3) is 0 Å². The molecular weight excluding hydrogens is 268 g/mol. The molecule has 0 amide bonds. The van der Waals surface area contributed by atoms with E-state index in [-0.39, 0.29) is 6.04 Å². The second-order valence-electron chi connectivity index (χ2n) is 5.61. The molecule has 3 heteroatoms. The molecule has 0 aromatic heterocycles. The highest BCUT2D eigenvalue weighted by Gasteiger charge is 2.13. The molecule has 1 rings (SSSR count). The van der Waals surface area contributed by atoms with Gasteiger partial charge in [0.05, 0.1) is 0 Å². The van der Waals surface area contributed by atoms with Crippen LogP contribution in [0.15, 0.2) is 18.2 Å². The molecule has 1 aromatic carbocycles. The van der Waals surface area contributed by atoms with Crippen molar-refractivity contribution in [2.75, 3.05) is 0 Å². The minimum atomic E-state index is 0.165.